The third-order valence-electron chi connectivity index (χ3n) is 12.5. The smallest absolute Gasteiger partial charge is 0.00883 e. The van der Waals surface area contributed by atoms with Crippen LogP contribution in [0.25, 0.3) is 0 Å². The van der Waals surface area contributed by atoms with E-state index in [0.717, 1.165) is 6.42 Å². The van der Waals surface area contributed by atoms with Crippen molar-refractivity contribution in [3.05, 3.63) is 358 Å². The maximum Gasteiger partial charge on any atom is 0.00883 e. The monoisotopic (exact) mass is 1150 g/mol. The van der Waals surface area contributed by atoms with Crippen molar-refractivity contribution >= 4 is 90.0 Å². The fraction of sp³-hybridized carbons (Fsp3) is 0.0278. The van der Waals surface area contributed by atoms with Crippen LogP contribution in [0, 0.1) is 0 Å². The van der Waals surface area contributed by atoms with Gasteiger partial charge in [0.1, 0.15) is 0 Å². The average molecular weight is 1150 g/mol. The van der Waals surface area contributed by atoms with E-state index >= 15 is 0 Å². The molecule has 378 valence electrons. The Morgan fingerprint density at radius 3 is 0.532 bits per heavy atom. The predicted molar refractivity (Wildman–Crippen MR) is 341 cm³/mol. The molecule has 0 bridgehead atoms. The fourth-order valence-electron chi connectivity index (χ4n) is 9.00. The Morgan fingerprint density at radius 2 is 0.377 bits per heavy atom. The molecule has 0 fully saturated rings. The summed E-state index contributed by atoms with van der Waals surface area (Å²) < 4.78 is 0. The number of hydrogen-bond acceptors (Lipinski definition) is 0. The molecule has 0 nitrogen and oxygen atoms in total. The van der Waals surface area contributed by atoms with Crippen molar-refractivity contribution in [2.75, 3.05) is 0 Å². The summed E-state index contributed by atoms with van der Waals surface area (Å²) >= 11 is 0. The molecule has 0 saturated heterocycles. The fourth-order valence-corrected chi connectivity index (χ4v) is 18.6. The maximum atomic E-state index is 2.37. The molecule has 11 aromatic rings. The quantitative estimate of drug-likeness (QED) is 0.0845. The van der Waals surface area contributed by atoms with Gasteiger partial charge in [-0.3, -0.25) is 0 Å². The molecule has 0 aliphatic heterocycles. The van der Waals surface area contributed by atoms with E-state index in [0.29, 0.717) is 5.66 Å². The van der Waals surface area contributed by atoms with Crippen molar-refractivity contribution in [2.45, 2.75) is 12.1 Å². The van der Waals surface area contributed by atoms with E-state index in [1.54, 1.807) is 0 Å². The number of allylic oxidation sites excluding steroid dienone is 4. The summed E-state index contributed by atoms with van der Waals surface area (Å²) in [6.45, 7) is 0. The molecule has 0 spiro atoms. The SMILES string of the molecule is C1=CCC(P(c2ccccc2)c2ccccc2)C=C1.[Ru].c1ccc(P(c2ccccc2)c2ccccc2)cc1.c1ccc(P(c2ccccc2)c2ccccc2)cc1.c1ccc(P(c2ccccc2)c2ccccc2)cc1. The second kappa shape index (κ2) is 31.5. The Balaban J connectivity index is 0.000000135. The van der Waals surface area contributed by atoms with Crippen molar-refractivity contribution in [3.63, 3.8) is 0 Å². The molecule has 1 atom stereocenters. The molecule has 1 unspecified atom stereocenters. The first kappa shape index (κ1) is 56.4. The summed E-state index contributed by atoms with van der Waals surface area (Å²) in [5.74, 6) is 0. The topological polar surface area (TPSA) is 0 Å². The molecule has 0 radical (unpaired) electrons. The third-order valence-corrected chi connectivity index (χ3v) is 22.6. The van der Waals surface area contributed by atoms with Crippen LogP contribution in [0.15, 0.2) is 358 Å². The standard InChI is InChI=1S/C18H17P.3C18H15P.Ru/c4*1-4-10-16(11-5-1)19(17-12-6-2-7-13-17)18-14-8-3-9-15-18;/h1-14,18H,15H2;3*1-15H;. The molecule has 0 N–H and O–H groups in total. The van der Waals surface area contributed by atoms with Gasteiger partial charge in [0, 0.05) is 25.1 Å². The average Bonchev–Trinajstić information content (AvgIpc) is 3.51. The molecule has 5 heteroatoms. The van der Waals surface area contributed by atoms with E-state index in [9.17, 15) is 0 Å². The normalized spacial score (nSPS) is 12.2. The first-order valence-corrected chi connectivity index (χ1v) is 31.3. The van der Waals surface area contributed by atoms with Crippen LogP contribution in [-0.4, -0.2) is 5.66 Å². The summed E-state index contributed by atoms with van der Waals surface area (Å²) in [6.07, 6.45) is 10.1. The third kappa shape index (κ3) is 16.6. The van der Waals surface area contributed by atoms with Gasteiger partial charge in [-0.05, 0) is 96.5 Å². The molecule has 0 heterocycles. The summed E-state index contributed by atoms with van der Waals surface area (Å²) in [5, 5.41) is 15.5. The zero-order valence-electron chi connectivity index (χ0n) is 43.0. The van der Waals surface area contributed by atoms with Gasteiger partial charge in [0.05, 0.1) is 0 Å². The predicted octanol–water partition coefficient (Wildman–Crippen LogP) is 14.3. The van der Waals surface area contributed by atoms with E-state index < -0.39 is 23.8 Å². The van der Waals surface area contributed by atoms with E-state index in [4.69, 9.17) is 0 Å². The van der Waals surface area contributed by atoms with E-state index in [1.165, 1.54) is 58.3 Å². The molecule has 0 amide bonds. The summed E-state index contributed by atoms with van der Waals surface area (Å²) in [5.41, 5.74) is 0.616. The van der Waals surface area contributed by atoms with Crippen molar-refractivity contribution < 1.29 is 19.5 Å². The molecule has 0 aromatic heterocycles. The number of rotatable bonds is 12. The molecule has 77 heavy (non-hydrogen) atoms. The number of hydrogen-bond donors (Lipinski definition) is 0. The van der Waals surface area contributed by atoms with Crippen LogP contribution in [0.4, 0.5) is 0 Å². The molecular weight excluding hydrogens is 1090 g/mol. The Morgan fingerprint density at radius 1 is 0.208 bits per heavy atom. The van der Waals surface area contributed by atoms with Crippen molar-refractivity contribution in [1.82, 2.24) is 0 Å². The largest absolute Gasteiger partial charge is 0.0836 e. The van der Waals surface area contributed by atoms with Gasteiger partial charge in [-0.15, -0.1) is 0 Å². The zero-order valence-corrected chi connectivity index (χ0v) is 48.3. The van der Waals surface area contributed by atoms with E-state index in [1.807, 2.05) is 0 Å². The summed E-state index contributed by atoms with van der Waals surface area (Å²) in [6, 6.07) is 119. The molecule has 11 aromatic carbocycles. The number of benzene rings is 11. The van der Waals surface area contributed by atoms with Crippen molar-refractivity contribution in [1.29, 1.82) is 0 Å². The van der Waals surface area contributed by atoms with Gasteiger partial charge in [-0.2, -0.15) is 0 Å². The van der Waals surface area contributed by atoms with Crippen LogP contribution < -0.4 is 58.3 Å². The maximum absolute atomic E-state index is 2.37. The first-order chi connectivity index (χ1) is 37.8. The summed E-state index contributed by atoms with van der Waals surface area (Å²) in [7, 11) is -1.65. The Hall–Kier alpha value is -6.76. The van der Waals surface area contributed by atoms with Crippen LogP contribution in [0.1, 0.15) is 6.42 Å². The van der Waals surface area contributed by atoms with Gasteiger partial charge < -0.3 is 0 Å². The van der Waals surface area contributed by atoms with Crippen LogP contribution >= 0.6 is 31.7 Å². The summed E-state index contributed by atoms with van der Waals surface area (Å²) in [4.78, 5) is 0. The second-order valence-corrected chi connectivity index (χ2v) is 26.8. The van der Waals surface area contributed by atoms with Crippen LogP contribution in [0.5, 0.6) is 0 Å². The van der Waals surface area contributed by atoms with E-state index in [-0.39, 0.29) is 27.4 Å². The van der Waals surface area contributed by atoms with Gasteiger partial charge >= 0.3 is 0 Å². The molecule has 0 saturated carbocycles. The Bertz CT molecular complexity index is 2760. The Kier molecular flexibility index (Phi) is 23.1. The molecule has 12 rings (SSSR count). The second-order valence-electron chi connectivity index (χ2n) is 17.7. The minimum Gasteiger partial charge on any atom is -0.0836 e. The minimum atomic E-state index is -0.446. The van der Waals surface area contributed by atoms with Crippen LogP contribution in [0.2, 0.25) is 0 Å². The van der Waals surface area contributed by atoms with Gasteiger partial charge in [-0.25, -0.2) is 0 Å². The van der Waals surface area contributed by atoms with Gasteiger partial charge in [-0.1, -0.05) is 358 Å². The van der Waals surface area contributed by atoms with Crippen LogP contribution in [0.3, 0.4) is 0 Å². The van der Waals surface area contributed by atoms with E-state index in [2.05, 4.69) is 358 Å². The Labute approximate surface area is 476 Å². The van der Waals surface area contributed by atoms with Crippen LogP contribution in [-0.2, 0) is 19.5 Å². The van der Waals surface area contributed by atoms with Crippen molar-refractivity contribution in [2.24, 2.45) is 0 Å². The van der Waals surface area contributed by atoms with Gasteiger partial charge in [0.2, 0.25) is 0 Å². The molecule has 1 aliphatic rings. The van der Waals surface area contributed by atoms with Gasteiger partial charge in [0.15, 0.2) is 0 Å². The minimum absolute atomic E-state index is 0. The first-order valence-electron chi connectivity index (χ1n) is 25.9. The van der Waals surface area contributed by atoms with Gasteiger partial charge in [0.25, 0.3) is 0 Å². The zero-order chi connectivity index (χ0) is 51.7. The van der Waals surface area contributed by atoms with Crippen molar-refractivity contribution in [3.8, 4) is 0 Å². The molecular formula is C72H62P4Ru. The molecule has 1 aliphatic carbocycles.